The van der Waals surface area contributed by atoms with Crippen LogP contribution in [0.2, 0.25) is 0 Å². The van der Waals surface area contributed by atoms with Gasteiger partial charge in [0, 0.05) is 23.7 Å². The molecule has 3 aromatic rings. The second-order valence-electron chi connectivity index (χ2n) is 7.57. The monoisotopic (exact) mass is 427 g/mol. The molecule has 30 heavy (non-hydrogen) atoms. The van der Waals surface area contributed by atoms with E-state index in [0.717, 1.165) is 25.9 Å². The van der Waals surface area contributed by atoms with Crippen LogP contribution in [0.5, 0.6) is 0 Å². The Balaban J connectivity index is 1.62. The number of hydrogen-bond donors (Lipinski definition) is 0. The Morgan fingerprint density at radius 2 is 1.77 bits per heavy atom. The van der Waals surface area contributed by atoms with Crippen molar-refractivity contribution in [2.24, 2.45) is 0 Å². The summed E-state index contributed by atoms with van der Waals surface area (Å²) in [4.78, 5) is 22.1. The van der Waals surface area contributed by atoms with Crippen molar-refractivity contribution in [3.8, 4) is 10.6 Å². The van der Waals surface area contributed by atoms with Gasteiger partial charge >= 0.3 is 0 Å². The summed E-state index contributed by atoms with van der Waals surface area (Å²) < 4.78 is 28.4. The lowest BCUT2D eigenvalue weighted by Crippen LogP contribution is -2.46. The first kappa shape index (κ1) is 20.6. The molecule has 0 unspecified atom stereocenters. The molecule has 2 heterocycles. The fourth-order valence-corrected chi connectivity index (χ4v) is 4.66. The van der Waals surface area contributed by atoms with Gasteiger partial charge in [0.25, 0.3) is 5.91 Å². The largest absolute Gasteiger partial charge is 0.330 e. The predicted octanol–water partition coefficient (Wildman–Crippen LogP) is 4.82. The number of likely N-dealkylation sites (tertiary alicyclic amines) is 1. The van der Waals surface area contributed by atoms with E-state index in [0.29, 0.717) is 21.0 Å². The zero-order valence-corrected chi connectivity index (χ0v) is 17.5. The summed E-state index contributed by atoms with van der Waals surface area (Å²) in [6.45, 7) is 1.97. The van der Waals surface area contributed by atoms with Crippen molar-refractivity contribution in [2.75, 3.05) is 20.1 Å². The summed E-state index contributed by atoms with van der Waals surface area (Å²) in [5.74, 6) is -0.878. The molecule has 0 atom stereocenters. The summed E-state index contributed by atoms with van der Waals surface area (Å²) in [5, 5.41) is 0.464. The molecule has 1 aliphatic heterocycles. The highest BCUT2D eigenvalue weighted by atomic mass is 32.1. The fraction of sp³-hybridized carbons (Fsp3) is 0.304. The van der Waals surface area contributed by atoms with Crippen LogP contribution in [0, 0.1) is 11.6 Å². The van der Waals surface area contributed by atoms with Crippen LogP contribution in [0.4, 0.5) is 8.78 Å². The Bertz CT molecular complexity index is 1030. The molecule has 7 heteroatoms. The van der Waals surface area contributed by atoms with Crippen LogP contribution in [0.25, 0.3) is 10.6 Å². The molecule has 0 bridgehead atoms. The number of halogens is 2. The van der Waals surface area contributed by atoms with Crippen LogP contribution >= 0.6 is 11.3 Å². The van der Waals surface area contributed by atoms with E-state index < -0.39 is 0 Å². The van der Waals surface area contributed by atoms with Crippen LogP contribution in [0.1, 0.15) is 28.1 Å². The first-order valence-corrected chi connectivity index (χ1v) is 10.8. The Morgan fingerprint density at radius 3 is 2.47 bits per heavy atom. The van der Waals surface area contributed by atoms with Crippen LogP contribution in [-0.2, 0) is 6.54 Å². The maximum Gasteiger partial charge on any atom is 0.266 e. The third-order valence-corrected chi connectivity index (χ3v) is 6.53. The highest BCUT2D eigenvalue weighted by molar-refractivity contribution is 7.16. The number of amides is 1. The van der Waals surface area contributed by atoms with Crippen LogP contribution in [-0.4, -0.2) is 46.9 Å². The highest BCUT2D eigenvalue weighted by Gasteiger charge is 2.29. The maximum atomic E-state index is 14.3. The van der Waals surface area contributed by atoms with E-state index >= 15 is 0 Å². The van der Waals surface area contributed by atoms with Crippen molar-refractivity contribution in [1.82, 2.24) is 14.8 Å². The number of nitrogens with zero attached hydrogens (tertiary/aromatic N) is 3. The predicted molar refractivity (Wildman–Crippen MR) is 114 cm³/mol. The minimum Gasteiger partial charge on any atom is -0.330 e. The molecule has 0 saturated carbocycles. The smallest absolute Gasteiger partial charge is 0.266 e. The topological polar surface area (TPSA) is 36.4 Å². The van der Waals surface area contributed by atoms with Gasteiger partial charge in [-0.05, 0) is 51.2 Å². The standard InChI is InChI=1S/C23H23F2N3OS/c1-27-12-10-17(11-13-27)28(15-16-6-2-4-8-19(16)24)23(29)21-14-26-22(30-21)18-7-3-5-9-20(18)25/h2-9,14,17H,10-13,15H2,1H3. The molecule has 1 aromatic heterocycles. The molecule has 156 valence electrons. The van der Waals surface area contributed by atoms with Gasteiger partial charge in [-0.1, -0.05) is 30.3 Å². The second kappa shape index (κ2) is 9.02. The van der Waals surface area contributed by atoms with Crippen molar-refractivity contribution < 1.29 is 13.6 Å². The van der Waals surface area contributed by atoms with E-state index in [1.165, 1.54) is 29.7 Å². The zero-order valence-electron chi connectivity index (χ0n) is 16.7. The van der Waals surface area contributed by atoms with Gasteiger partial charge in [-0.15, -0.1) is 11.3 Å². The van der Waals surface area contributed by atoms with Gasteiger partial charge in [0.15, 0.2) is 0 Å². The van der Waals surface area contributed by atoms with Gasteiger partial charge in [0.1, 0.15) is 21.5 Å². The second-order valence-corrected chi connectivity index (χ2v) is 8.60. The van der Waals surface area contributed by atoms with E-state index in [9.17, 15) is 13.6 Å². The molecular weight excluding hydrogens is 404 g/mol. The normalized spacial score (nSPS) is 15.3. The number of piperidine rings is 1. The van der Waals surface area contributed by atoms with Gasteiger partial charge in [-0.3, -0.25) is 4.79 Å². The van der Waals surface area contributed by atoms with Crippen LogP contribution in [0.3, 0.4) is 0 Å². The molecule has 4 nitrogen and oxygen atoms in total. The van der Waals surface area contributed by atoms with Gasteiger partial charge in [0.05, 0.1) is 6.20 Å². The third kappa shape index (κ3) is 4.42. The third-order valence-electron chi connectivity index (χ3n) is 5.51. The number of hydrogen-bond acceptors (Lipinski definition) is 4. The quantitative estimate of drug-likeness (QED) is 0.586. The van der Waals surface area contributed by atoms with E-state index in [1.54, 1.807) is 41.3 Å². The van der Waals surface area contributed by atoms with Crippen molar-refractivity contribution >= 4 is 17.2 Å². The molecule has 0 N–H and O–H groups in total. The van der Waals surface area contributed by atoms with E-state index in [-0.39, 0.29) is 30.1 Å². The molecule has 1 fully saturated rings. The molecule has 1 saturated heterocycles. The van der Waals surface area contributed by atoms with Gasteiger partial charge < -0.3 is 9.80 Å². The minimum atomic E-state index is -0.371. The summed E-state index contributed by atoms with van der Waals surface area (Å²) in [6.07, 6.45) is 3.16. The van der Waals surface area contributed by atoms with Crippen molar-refractivity contribution in [2.45, 2.75) is 25.4 Å². The Hall–Kier alpha value is -2.64. The summed E-state index contributed by atoms with van der Waals surface area (Å²) in [6, 6.07) is 12.9. The summed E-state index contributed by atoms with van der Waals surface area (Å²) in [7, 11) is 2.06. The van der Waals surface area contributed by atoms with Crippen molar-refractivity contribution in [3.63, 3.8) is 0 Å². The number of carbonyl (C=O) groups excluding carboxylic acids is 1. The van der Waals surface area contributed by atoms with E-state index in [1.807, 2.05) is 0 Å². The lowest BCUT2D eigenvalue weighted by atomic mass is 10.0. The number of rotatable bonds is 5. The highest BCUT2D eigenvalue weighted by Crippen LogP contribution is 2.30. The molecule has 0 spiro atoms. The lowest BCUT2D eigenvalue weighted by Gasteiger charge is -2.37. The molecule has 1 amide bonds. The molecule has 2 aromatic carbocycles. The SMILES string of the molecule is CN1CCC(N(Cc2ccccc2F)C(=O)c2cnc(-c3ccccc3F)s2)CC1. The van der Waals surface area contributed by atoms with Gasteiger partial charge in [0.2, 0.25) is 0 Å². The Labute approximate surface area is 178 Å². The molecular formula is C23H23F2N3OS. The zero-order chi connectivity index (χ0) is 21.1. The molecule has 4 rings (SSSR count). The average molecular weight is 428 g/mol. The average Bonchev–Trinajstić information content (AvgIpc) is 3.24. The van der Waals surface area contributed by atoms with Crippen molar-refractivity contribution in [1.29, 1.82) is 0 Å². The maximum absolute atomic E-state index is 14.3. The first-order valence-electron chi connectivity index (χ1n) is 9.96. The van der Waals surface area contributed by atoms with E-state index in [2.05, 4.69) is 16.9 Å². The minimum absolute atomic E-state index is 0.0207. The Morgan fingerprint density at radius 1 is 1.10 bits per heavy atom. The van der Waals surface area contributed by atoms with Gasteiger partial charge in [-0.2, -0.15) is 0 Å². The molecule has 0 aliphatic carbocycles. The number of benzene rings is 2. The molecule has 0 radical (unpaired) electrons. The Kier molecular flexibility index (Phi) is 6.20. The summed E-state index contributed by atoms with van der Waals surface area (Å²) in [5.41, 5.74) is 0.866. The van der Waals surface area contributed by atoms with E-state index in [4.69, 9.17) is 0 Å². The fourth-order valence-electron chi connectivity index (χ4n) is 3.76. The van der Waals surface area contributed by atoms with Crippen LogP contribution < -0.4 is 0 Å². The van der Waals surface area contributed by atoms with Crippen LogP contribution in [0.15, 0.2) is 54.7 Å². The van der Waals surface area contributed by atoms with Gasteiger partial charge in [-0.25, -0.2) is 13.8 Å². The molecule has 1 aliphatic rings. The number of thiazole rings is 1. The number of carbonyl (C=O) groups is 1. The first-order chi connectivity index (χ1) is 14.5. The van der Waals surface area contributed by atoms with Crippen molar-refractivity contribution in [3.05, 3.63) is 76.8 Å². The number of aromatic nitrogens is 1. The summed E-state index contributed by atoms with van der Waals surface area (Å²) >= 11 is 1.17. The lowest BCUT2D eigenvalue weighted by molar-refractivity contribution is 0.0571.